The van der Waals surface area contributed by atoms with Crippen LogP contribution in [-0.4, -0.2) is 0 Å². The topological polar surface area (TPSA) is 9.72 Å². The maximum absolute atomic E-state index is 2.43. The molecule has 0 atom stereocenters. The van der Waals surface area contributed by atoms with Gasteiger partial charge >= 0.3 is 0 Å². The normalized spacial score (nSPS) is 12.9. The Morgan fingerprint density at radius 3 is 0.621 bits per heavy atom. The molecule has 0 amide bonds. The fraction of sp³-hybridized carbons (Fsp3) is 0.217. The monoisotopic (exact) mass is 1240 g/mol. The molecule has 12 aromatic carbocycles. The van der Waals surface area contributed by atoms with Crippen molar-refractivity contribution in [3.63, 3.8) is 0 Å². The molecule has 0 radical (unpaired) electrons. The molecular formula is C92H91N3. The number of nitrogens with zero attached hydrogens (tertiary/aromatic N) is 3. The van der Waals surface area contributed by atoms with Gasteiger partial charge in [-0.15, -0.1) is 0 Å². The fourth-order valence-electron chi connectivity index (χ4n) is 14.0. The van der Waals surface area contributed by atoms with Crippen molar-refractivity contribution >= 4 is 51.2 Å². The Balaban J connectivity index is 0.872. The summed E-state index contributed by atoms with van der Waals surface area (Å²) < 4.78 is 0. The van der Waals surface area contributed by atoms with Gasteiger partial charge in [0.05, 0.1) is 5.41 Å². The maximum atomic E-state index is 2.43. The molecule has 13 rings (SSSR count). The van der Waals surface area contributed by atoms with E-state index in [-0.39, 0.29) is 21.7 Å². The van der Waals surface area contributed by atoms with Crippen LogP contribution in [0.3, 0.4) is 0 Å². The zero-order valence-corrected chi connectivity index (χ0v) is 58.4. The molecule has 0 heterocycles. The van der Waals surface area contributed by atoms with E-state index >= 15 is 0 Å². The lowest BCUT2D eigenvalue weighted by Crippen LogP contribution is -2.29. The van der Waals surface area contributed by atoms with Gasteiger partial charge in [-0.05, 0) is 230 Å². The third-order valence-electron chi connectivity index (χ3n) is 19.6. The molecule has 0 N–H and O–H groups in total. The quantitative estimate of drug-likeness (QED) is 0.114. The van der Waals surface area contributed by atoms with Crippen LogP contribution in [0.5, 0.6) is 0 Å². The Morgan fingerprint density at radius 1 is 0.211 bits per heavy atom. The summed E-state index contributed by atoms with van der Waals surface area (Å²) in [6, 6.07) is 105. The number of fused-ring (bicyclic) bond motifs is 3. The summed E-state index contributed by atoms with van der Waals surface area (Å²) in [6.45, 7) is 33.9. The van der Waals surface area contributed by atoms with E-state index in [1.54, 1.807) is 0 Å². The van der Waals surface area contributed by atoms with Crippen molar-refractivity contribution in [1.82, 2.24) is 0 Å². The van der Waals surface area contributed by atoms with Gasteiger partial charge in [-0.25, -0.2) is 0 Å². The summed E-state index contributed by atoms with van der Waals surface area (Å²) in [5, 5.41) is 0. The molecule has 0 spiro atoms. The summed E-state index contributed by atoms with van der Waals surface area (Å²) in [7, 11) is 0. The molecule has 0 fully saturated rings. The van der Waals surface area contributed by atoms with Gasteiger partial charge in [0.2, 0.25) is 0 Å². The van der Waals surface area contributed by atoms with Gasteiger partial charge in [-0.3, -0.25) is 0 Å². The van der Waals surface area contributed by atoms with Gasteiger partial charge in [-0.2, -0.15) is 0 Å². The standard InChI is InChI=1S/C92H91N3/c1-62-16-28-73(29-17-62)92(86-60-63(2)18-58-84(86)85-59-19-64(3)61-87(85)92)74-38-56-83(57-39-74)93(75-40-20-65(21-41-75)67-24-44-77(45-25-67)94(79-48-30-69(31-49-79)88(4,5)6)80-50-32-70(33-51-80)89(7,8)9)76-42-22-66(23-43-76)68-26-46-78(47-27-68)95(81-52-34-71(35-53-81)90(10,11)12)82-54-36-72(37-55-82)91(13,14)15/h16-61H,1-15H3. The Labute approximate surface area is 567 Å². The third kappa shape index (κ3) is 12.6. The van der Waals surface area contributed by atoms with Gasteiger partial charge in [-0.1, -0.05) is 270 Å². The number of benzene rings is 12. The minimum absolute atomic E-state index is 0.0564. The number of anilines is 9. The summed E-state index contributed by atoms with van der Waals surface area (Å²) in [6.07, 6.45) is 0. The van der Waals surface area contributed by atoms with Crippen LogP contribution in [0.1, 0.15) is 144 Å². The highest BCUT2D eigenvalue weighted by Gasteiger charge is 2.46. The van der Waals surface area contributed by atoms with Crippen molar-refractivity contribution in [2.75, 3.05) is 14.7 Å². The Hall–Kier alpha value is -9.96. The minimum atomic E-state index is -0.524. The minimum Gasteiger partial charge on any atom is -0.311 e. The van der Waals surface area contributed by atoms with Crippen molar-refractivity contribution < 1.29 is 0 Å². The highest BCUT2D eigenvalue weighted by atomic mass is 15.2. The first kappa shape index (κ1) is 63.8. The summed E-state index contributed by atoms with van der Waals surface area (Å²) in [4.78, 5) is 7.16. The second-order valence-corrected chi connectivity index (χ2v) is 30.6. The molecule has 95 heavy (non-hydrogen) atoms. The summed E-state index contributed by atoms with van der Waals surface area (Å²) in [5.41, 5.74) is 31.0. The lowest BCUT2D eigenvalue weighted by Gasteiger charge is -2.35. The molecule has 0 saturated heterocycles. The van der Waals surface area contributed by atoms with E-state index in [0.29, 0.717) is 0 Å². The largest absolute Gasteiger partial charge is 0.311 e. The van der Waals surface area contributed by atoms with Crippen molar-refractivity contribution in [2.45, 2.75) is 131 Å². The second kappa shape index (κ2) is 24.7. The zero-order chi connectivity index (χ0) is 66.8. The van der Waals surface area contributed by atoms with E-state index in [1.165, 1.54) is 72.3 Å². The number of hydrogen-bond acceptors (Lipinski definition) is 3. The average Bonchev–Trinajstić information content (AvgIpc) is 1.55. The fourth-order valence-corrected chi connectivity index (χ4v) is 14.0. The lowest BCUT2D eigenvalue weighted by atomic mass is 9.67. The van der Waals surface area contributed by atoms with Crippen LogP contribution >= 0.6 is 0 Å². The van der Waals surface area contributed by atoms with Gasteiger partial charge < -0.3 is 14.7 Å². The van der Waals surface area contributed by atoms with E-state index in [9.17, 15) is 0 Å². The van der Waals surface area contributed by atoms with Crippen LogP contribution in [0.25, 0.3) is 33.4 Å². The van der Waals surface area contributed by atoms with E-state index < -0.39 is 5.41 Å². The van der Waals surface area contributed by atoms with Gasteiger partial charge in [0.25, 0.3) is 0 Å². The van der Waals surface area contributed by atoms with Crippen LogP contribution in [-0.2, 0) is 27.1 Å². The SMILES string of the molecule is Cc1ccc(C2(c3ccc(N(c4ccc(-c5ccc(N(c6ccc(C(C)(C)C)cc6)c6ccc(C(C)(C)C)cc6)cc5)cc4)c4ccc(-c5ccc(N(c6ccc(C(C)(C)C)cc6)c6ccc(C(C)(C)C)cc6)cc5)cc4)cc3)c3cc(C)ccc3-c3ccc(C)cc32)cc1. The van der Waals surface area contributed by atoms with E-state index in [0.717, 1.165) is 73.4 Å². The molecule has 0 unspecified atom stereocenters. The highest BCUT2D eigenvalue weighted by molar-refractivity contribution is 5.88. The highest BCUT2D eigenvalue weighted by Crippen LogP contribution is 2.57. The molecule has 0 aliphatic heterocycles. The molecule has 474 valence electrons. The number of aryl methyl sites for hydroxylation is 3. The lowest BCUT2D eigenvalue weighted by molar-refractivity contribution is 0.590. The molecule has 0 aromatic heterocycles. The Morgan fingerprint density at radius 2 is 0.400 bits per heavy atom. The molecule has 1 aliphatic rings. The van der Waals surface area contributed by atoms with Gasteiger partial charge in [0, 0.05) is 51.2 Å². The molecule has 1 aliphatic carbocycles. The van der Waals surface area contributed by atoms with E-state index in [2.05, 4.69) is 398 Å². The van der Waals surface area contributed by atoms with Crippen molar-refractivity contribution in [3.05, 3.63) is 340 Å². The molecular weight excluding hydrogens is 1150 g/mol. The predicted molar refractivity (Wildman–Crippen MR) is 408 cm³/mol. The van der Waals surface area contributed by atoms with Crippen LogP contribution in [0.2, 0.25) is 0 Å². The Bertz CT molecular complexity index is 4290. The first-order chi connectivity index (χ1) is 45.3. The van der Waals surface area contributed by atoms with Crippen molar-refractivity contribution in [3.8, 4) is 33.4 Å². The molecule has 0 bridgehead atoms. The van der Waals surface area contributed by atoms with Crippen LogP contribution in [0.15, 0.2) is 279 Å². The summed E-state index contributed by atoms with van der Waals surface area (Å²) >= 11 is 0. The molecule has 0 saturated carbocycles. The number of hydrogen-bond donors (Lipinski definition) is 0. The van der Waals surface area contributed by atoms with E-state index in [1.807, 2.05) is 0 Å². The maximum Gasteiger partial charge on any atom is 0.0713 e. The molecule has 3 nitrogen and oxygen atoms in total. The van der Waals surface area contributed by atoms with Crippen molar-refractivity contribution in [2.24, 2.45) is 0 Å². The first-order valence-electron chi connectivity index (χ1n) is 34.0. The van der Waals surface area contributed by atoms with Crippen molar-refractivity contribution in [1.29, 1.82) is 0 Å². The van der Waals surface area contributed by atoms with Crippen LogP contribution < -0.4 is 14.7 Å². The molecule has 3 heteroatoms. The smallest absolute Gasteiger partial charge is 0.0713 e. The number of rotatable bonds is 13. The van der Waals surface area contributed by atoms with Gasteiger partial charge in [0.15, 0.2) is 0 Å². The predicted octanol–water partition coefficient (Wildman–Crippen LogP) is 25.9. The Kier molecular flexibility index (Phi) is 16.6. The van der Waals surface area contributed by atoms with Gasteiger partial charge in [0.1, 0.15) is 0 Å². The summed E-state index contributed by atoms with van der Waals surface area (Å²) in [5.74, 6) is 0. The molecule has 12 aromatic rings. The first-order valence-corrected chi connectivity index (χ1v) is 34.0. The third-order valence-corrected chi connectivity index (χ3v) is 19.6. The average molecular weight is 1240 g/mol. The van der Waals surface area contributed by atoms with Crippen LogP contribution in [0, 0.1) is 20.8 Å². The van der Waals surface area contributed by atoms with E-state index in [4.69, 9.17) is 0 Å². The zero-order valence-electron chi connectivity index (χ0n) is 58.4. The van der Waals surface area contributed by atoms with Crippen LogP contribution in [0.4, 0.5) is 51.2 Å². The second-order valence-electron chi connectivity index (χ2n) is 30.6.